The predicted molar refractivity (Wildman–Crippen MR) is 85.4 cm³/mol. The third-order valence-electron chi connectivity index (χ3n) is 3.53. The molecule has 2 aromatic carbocycles. The Hall–Kier alpha value is -3.27. The van der Waals surface area contributed by atoms with Crippen LogP contribution in [0, 0.1) is 11.3 Å². The van der Waals surface area contributed by atoms with Crippen LogP contribution in [0.15, 0.2) is 30.3 Å². The Morgan fingerprint density at radius 1 is 1.25 bits per heavy atom. The van der Waals surface area contributed by atoms with E-state index in [0.717, 1.165) is 6.07 Å². The number of amides is 1. The summed E-state index contributed by atoms with van der Waals surface area (Å²) in [6.45, 7) is -0.289. The number of hydrogen-bond donors (Lipinski definition) is 2. The van der Waals surface area contributed by atoms with E-state index in [2.05, 4.69) is 0 Å². The zero-order valence-corrected chi connectivity index (χ0v) is 13.0. The average molecular weight is 328 g/mol. The smallest absolute Gasteiger partial charge is 0.342 e. The minimum absolute atomic E-state index is 0.173. The molecule has 0 fully saturated rings. The number of carbonyl (C=O) groups excluding carboxylic acids is 2. The molecule has 0 heterocycles. The fourth-order valence-corrected chi connectivity index (χ4v) is 2.15. The number of hydrogen-bond acceptors (Lipinski definition) is 6. The molecule has 0 saturated heterocycles. The SMILES string of the molecule is CN(CCC#N)C(=O)COC(=O)c1cc(O)c2ccccc2c1O. The molecule has 7 nitrogen and oxygen atoms in total. The van der Waals surface area contributed by atoms with E-state index < -0.39 is 18.5 Å². The number of phenols is 2. The molecule has 0 spiro atoms. The quantitative estimate of drug-likeness (QED) is 0.639. The number of likely N-dealkylation sites (N-methyl/N-ethyl adjacent to an activating group) is 1. The number of rotatable bonds is 5. The molecule has 1 amide bonds. The van der Waals surface area contributed by atoms with Gasteiger partial charge in [-0.05, 0) is 6.07 Å². The summed E-state index contributed by atoms with van der Waals surface area (Å²) in [6, 6.07) is 9.52. The Labute approximate surface area is 138 Å². The van der Waals surface area contributed by atoms with Gasteiger partial charge < -0.3 is 19.8 Å². The van der Waals surface area contributed by atoms with Crippen molar-refractivity contribution in [3.63, 3.8) is 0 Å². The van der Waals surface area contributed by atoms with Crippen molar-refractivity contribution in [2.24, 2.45) is 0 Å². The Balaban J connectivity index is 2.13. The summed E-state index contributed by atoms with van der Waals surface area (Å²) in [6.07, 6.45) is 0.176. The Kier molecular flexibility index (Phi) is 5.22. The van der Waals surface area contributed by atoms with Crippen LogP contribution in [0.4, 0.5) is 0 Å². The summed E-state index contributed by atoms with van der Waals surface area (Å²) < 4.78 is 4.89. The Morgan fingerprint density at radius 3 is 2.58 bits per heavy atom. The van der Waals surface area contributed by atoms with Gasteiger partial charge >= 0.3 is 5.97 Å². The topological polar surface area (TPSA) is 111 Å². The molecular formula is C17H16N2O5. The van der Waals surface area contributed by atoms with Gasteiger partial charge in [0.1, 0.15) is 17.1 Å². The van der Waals surface area contributed by atoms with Crippen LogP contribution in [-0.2, 0) is 9.53 Å². The number of phenolic OH excluding ortho intramolecular Hbond substituents is 2. The molecule has 0 bridgehead atoms. The third-order valence-corrected chi connectivity index (χ3v) is 3.53. The van der Waals surface area contributed by atoms with E-state index in [1.807, 2.05) is 6.07 Å². The highest BCUT2D eigenvalue weighted by molar-refractivity contribution is 6.04. The number of benzene rings is 2. The maximum absolute atomic E-state index is 12.1. The van der Waals surface area contributed by atoms with Crippen molar-refractivity contribution in [3.05, 3.63) is 35.9 Å². The minimum atomic E-state index is -0.921. The summed E-state index contributed by atoms with van der Waals surface area (Å²) >= 11 is 0. The molecule has 0 saturated carbocycles. The first kappa shape index (κ1) is 17.1. The van der Waals surface area contributed by atoms with Crippen LogP contribution in [0.3, 0.4) is 0 Å². The van der Waals surface area contributed by atoms with Crippen LogP contribution in [0.2, 0.25) is 0 Å². The first-order chi connectivity index (χ1) is 11.5. The first-order valence-corrected chi connectivity index (χ1v) is 7.17. The maximum Gasteiger partial charge on any atom is 0.342 e. The van der Waals surface area contributed by atoms with Gasteiger partial charge in [-0.3, -0.25) is 4.79 Å². The highest BCUT2D eigenvalue weighted by Gasteiger charge is 2.19. The standard InChI is InChI=1S/C17H16N2O5/c1-19(8-4-7-18)15(21)10-24-17(23)13-9-14(20)11-5-2-3-6-12(11)16(13)22/h2-3,5-6,9,20,22H,4,8,10H2,1H3. The van der Waals surface area contributed by atoms with Crippen molar-refractivity contribution in [2.75, 3.05) is 20.2 Å². The molecule has 0 aliphatic rings. The first-order valence-electron chi connectivity index (χ1n) is 7.17. The van der Waals surface area contributed by atoms with E-state index in [9.17, 15) is 19.8 Å². The third kappa shape index (κ3) is 3.55. The molecule has 2 N–H and O–H groups in total. The van der Waals surface area contributed by atoms with E-state index >= 15 is 0 Å². The van der Waals surface area contributed by atoms with Gasteiger partial charge in [-0.2, -0.15) is 5.26 Å². The van der Waals surface area contributed by atoms with Crippen LogP contribution in [0.25, 0.3) is 10.8 Å². The molecule has 0 unspecified atom stereocenters. The molecule has 24 heavy (non-hydrogen) atoms. The van der Waals surface area contributed by atoms with Crippen LogP contribution < -0.4 is 0 Å². The number of aromatic hydroxyl groups is 2. The number of esters is 1. The van der Waals surface area contributed by atoms with Gasteiger partial charge in [0.2, 0.25) is 0 Å². The largest absolute Gasteiger partial charge is 0.507 e. The summed E-state index contributed by atoms with van der Waals surface area (Å²) in [4.78, 5) is 25.1. The molecule has 0 aliphatic carbocycles. The molecule has 0 atom stereocenters. The fraction of sp³-hybridized carbons (Fsp3) is 0.235. The second kappa shape index (κ2) is 7.33. The zero-order valence-electron chi connectivity index (χ0n) is 13.0. The van der Waals surface area contributed by atoms with Crippen LogP contribution in [-0.4, -0.2) is 47.2 Å². The lowest BCUT2D eigenvalue weighted by atomic mass is 10.0. The number of carbonyl (C=O) groups is 2. The van der Waals surface area contributed by atoms with Gasteiger partial charge in [0.05, 0.1) is 12.5 Å². The molecule has 124 valence electrons. The highest BCUT2D eigenvalue weighted by atomic mass is 16.5. The molecule has 2 aromatic rings. The Morgan fingerprint density at radius 2 is 1.92 bits per heavy atom. The van der Waals surface area contributed by atoms with Crippen LogP contribution >= 0.6 is 0 Å². The molecule has 0 aliphatic heterocycles. The van der Waals surface area contributed by atoms with Gasteiger partial charge in [0, 0.05) is 24.4 Å². The fourth-order valence-electron chi connectivity index (χ4n) is 2.15. The lowest BCUT2D eigenvalue weighted by molar-refractivity contribution is -0.133. The number of ether oxygens (including phenoxy) is 1. The molecule has 0 radical (unpaired) electrons. The monoisotopic (exact) mass is 328 g/mol. The van der Waals surface area contributed by atoms with Gasteiger partial charge in [0.25, 0.3) is 5.91 Å². The minimum Gasteiger partial charge on any atom is -0.507 e. The van der Waals surface area contributed by atoms with Gasteiger partial charge in [-0.15, -0.1) is 0 Å². The second-order valence-electron chi connectivity index (χ2n) is 5.14. The maximum atomic E-state index is 12.1. The summed E-state index contributed by atoms with van der Waals surface area (Å²) in [7, 11) is 1.49. The van der Waals surface area contributed by atoms with Crippen molar-refractivity contribution >= 4 is 22.6 Å². The van der Waals surface area contributed by atoms with E-state index in [0.29, 0.717) is 10.8 Å². The number of fused-ring (bicyclic) bond motifs is 1. The zero-order chi connectivity index (χ0) is 17.7. The second-order valence-corrected chi connectivity index (χ2v) is 5.14. The van der Waals surface area contributed by atoms with Crippen molar-refractivity contribution in [2.45, 2.75) is 6.42 Å². The predicted octanol–water partition coefficient (Wildman–Crippen LogP) is 1.78. The molecular weight excluding hydrogens is 312 g/mol. The van der Waals surface area contributed by atoms with Crippen LogP contribution in [0.5, 0.6) is 11.5 Å². The van der Waals surface area contributed by atoms with Gasteiger partial charge in [0.15, 0.2) is 6.61 Å². The normalized spacial score (nSPS) is 10.2. The van der Waals surface area contributed by atoms with E-state index in [4.69, 9.17) is 10.00 Å². The molecule has 0 aromatic heterocycles. The highest BCUT2D eigenvalue weighted by Crippen LogP contribution is 2.35. The van der Waals surface area contributed by atoms with Crippen molar-refractivity contribution < 1.29 is 24.5 Å². The van der Waals surface area contributed by atoms with E-state index in [1.165, 1.54) is 11.9 Å². The van der Waals surface area contributed by atoms with E-state index in [-0.39, 0.29) is 30.0 Å². The average Bonchev–Trinajstić information content (AvgIpc) is 2.60. The summed E-state index contributed by atoms with van der Waals surface area (Å²) in [5.74, 6) is -1.88. The Bertz CT molecular complexity index is 826. The van der Waals surface area contributed by atoms with Crippen molar-refractivity contribution in [3.8, 4) is 17.6 Å². The van der Waals surface area contributed by atoms with Crippen molar-refractivity contribution in [1.82, 2.24) is 4.90 Å². The summed E-state index contributed by atoms with van der Waals surface area (Å²) in [5.41, 5.74) is -0.223. The number of nitriles is 1. The number of nitrogens with zero attached hydrogens (tertiary/aromatic N) is 2. The molecule has 7 heteroatoms. The summed E-state index contributed by atoms with van der Waals surface area (Å²) in [5, 5.41) is 29.3. The lowest BCUT2D eigenvalue weighted by Gasteiger charge is -2.15. The van der Waals surface area contributed by atoms with Gasteiger partial charge in [-0.1, -0.05) is 24.3 Å². The van der Waals surface area contributed by atoms with E-state index in [1.54, 1.807) is 24.3 Å². The van der Waals surface area contributed by atoms with Gasteiger partial charge in [-0.25, -0.2) is 4.79 Å². The van der Waals surface area contributed by atoms with Crippen LogP contribution in [0.1, 0.15) is 16.8 Å². The lowest BCUT2D eigenvalue weighted by Crippen LogP contribution is -2.31. The molecule has 2 rings (SSSR count). The van der Waals surface area contributed by atoms with Crippen molar-refractivity contribution in [1.29, 1.82) is 5.26 Å².